The molecule has 0 radical (unpaired) electrons. The van der Waals surface area contributed by atoms with Crippen molar-refractivity contribution in [1.82, 2.24) is 0 Å². The number of esters is 1. The Morgan fingerprint density at radius 1 is 1.08 bits per heavy atom. The third kappa shape index (κ3) is 4.02. The number of ether oxygens (including phenoxy) is 1. The van der Waals surface area contributed by atoms with Gasteiger partial charge < -0.3 is 10.1 Å². The fraction of sp³-hybridized carbons (Fsp3) is 0.222. The maximum absolute atomic E-state index is 13.9. The average Bonchev–Trinajstić information content (AvgIpc) is 3.18. The summed E-state index contributed by atoms with van der Waals surface area (Å²) in [6.07, 6.45) is 0. The Morgan fingerprint density at radius 2 is 1.73 bits per heavy atom. The molecule has 1 N–H and O–H groups in total. The van der Waals surface area contributed by atoms with Crippen LogP contribution in [0.5, 0.6) is 0 Å². The third-order valence-corrected chi connectivity index (χ3v) is 6.88. The highest BCUT2D eigenvalue weighted by molar-refractivity contribution is 8.19. The Morgan fingerprint density at radius 3 is 2.35 bits per heavy atom. The van der Waals surface area contributed by atoms with Gasteiger partial charge in [-0.05, 0) is 23.8 Å². The summed E-state index contributed by atoms with van der Waals surface area (Å²) in [5.41, 5.74) is 0.720. The summed E-state index contributed by atoms with van der Waals surface area (Å²) in [6, 6.07) is 8.52. The Balaban J connectivity index is 1.78. The number of hydrogen-bond acceptors (Lipinski definition) is 5. The van der Waals surface area contributed by atoms with Crippen LogP contribution in [0.2, 0.25) is 0 Å². The van der Waals surface area contributed by atoms with Gasteiger partial charge in [-0.1, -0.05) is 12.1 Å². The number of halogens is 2. The number of rotatable bonds is 4. The van der Waals surface area contributed by atoms with E-state index in [1.807, 2.05) is 35.7 Å². The monoisotopic (exact) mass is 395 g/mol. The van der Waals surface area contributed by atoms with E-state index in [9.17, 15) is 18.4 Å². The molecule has 2 aromatic rings. The number of benzene rings is 2. The van der Waals surface area contributed by atoms with Crippen molar-refractivity contribution < 1.29 is 23.1 Å². The first kappa shape index (κ1) is 18.7. The van der Waals surface area contributed by atoms with Crippen LogP contribution < -0.4 is 5.32 Å². The van der Waals surface area contributed by atoms with E-state index in [0.29, 0.717) is 16.2 Å². The van der Waals surface area contributed by atoms with E-state index in [-0.39, 0.29) is 5.69 Å². The number of anilines is 1. The maximum Gasteiger partial charge on any atom is 0.340 e. The molecule has 0 spiro atoms. The van der Waals surface area contributed by atoms with Crippen LogP contribution in [-0.4, -0.2) is 30.5 Å². The number of carbonyl (C=O) groups excluding carboxylic acids is 2. The molecule has 0 aliphatic carbocycles. The molecule has 2 aromatic carbocycles. The van der Waals surface area contributed by atoms with Gasteiger partial charge in [-0.25, -0.2) is 13.6 Å². The first-order valence-electron chi connectivity index (χ1n) is 7.71. The van der Waals surface area contributed by atoms with Crippen LogP contribution in [0.4, 0.5) is 14.5 Å². The number of amides is 1. The van der Waals surface area contributed by atoms with Crippen molar-refractivity contribution in [2.24, 2.45) is 0 Å². The summed E-state index contributed by atoms with van der Waals surface area (Å²) in [5, 5.41) is 2.36. The van der Waals surface area contributed by atoms with Gasteiger partial charge >= 0.3 is 5.97 Å². The molecule has 0 bridgehead atoms. The lowest BCUT2D eigenvalue weighted by Gasteiger charge is -2.11. The molecule has 1 aliphatic heterocycles. The van der Waals surface area contributed by atoms with Crippen molar-refractivity contribution in [3.63, 3.8) is 0 Å². The van der Waals surface area contributed by atoms with Gasteiger partial charge in [0.25, 0.3) is 5.91 Å². The summed E-state index contributed by atoms with van der Waals surface area (Å²) in [6.45, 7) is 0. The molecule has 1 aliphatic rings. The van der Waals surface area contributed by atoms with E-state index in [2.05, 4.69) is 10.1 Å². The fourth-order valence-electron chi connectivity index (χ4n) is 2.45. The third-order valence-electron chi connectivity index (χ3n) is 3.78. The van der Waals surface area contributed by atoms with Gasteiger partial charge in [0.05, 0.1) is 22.9 Å². The lowest BCUT2D eigenvalue weighted by atomic mass is 10.1. The van der Waals surface area contributed by atoms with E-state index >= 15 is 0 Å². The van der Waals surface area contributed by atoms with Crippen molar-refractivity contribution in [3.8, 4) is 0 Å². The second-order valence-electron chi connectivity index (χ2n) is 5.45. The summed E-state index contributed by atoms with van der Waals surface area (Å²) in [7, 11) is 1.09. The lowest BCUT2D eigenvalue weighted by molar-refractivity contribution is 0.0595. The van der Waals surface area contributed by atoms with Crippen molar-refractivity contribution in [2.75, 3.05) is 23.9 Å². The molecule has 4 nitrogen and oxygen atoms in total. The lowest BCUT2D eigenvalue weighted by Crippen LogP contribution is -2.15. The van der Waals surface area contributed by atoms with Crippen LogP contribution in [0.15, 0.2) is 36.4 Å². The van der Waals surface area contributed by atoms with Crippen molar-refractivity contribution >= 4 is 41.1 Å². The topological polar surface area (TPSA) is 55.4 Å². The van der Waals surface area contributed by atoms with Crippen molar-refractivity contribution in [1.29, 1.82) is 0 Å². The Hall–Kier alpha value is -2.06. The van der Waals surface area contributed by atoms with Gasteiger partial charge in [0.2, 0.25) is 0 Å². The quantitative estimate of drug-likeness (QED) is 0.774. The molecule has 0 aromatic heterocycles. The molecule has 1 saturated heterocycles. The Labute approximate surface area is 157 Å². The molecule has 1 fully saturated rings. The number of nitrogens with one attached hydrogen (secondary N) is 1. The summed E-state index contributed by atoms with van der Waals surface area (Å²) < 4.78 is 32.4. The average molecular weight is 395 g/mol. The van der Waals surface area contributed by atoms with E-state index in [1.54, 1.807) is 12.1 Å². The summed E-state index contributed by atoms with van der Waals surface area (Å²) >= 11 is 3.71. The minimum Gasteiger partial charge on any atom is -0.465 e. The first-order valence-corrected chi connectivity index (χ1v) is 9.81. The molecule has 0 atom stereocenters. The second kappa shape index (κ2) is 8.09. The number of carbonyl (C=O) groups is 2. The van der Waals surface area contributed by atoms with Crippen molar-refractivity contribution in [3.05, 3.63) is 64.7 Å². The van der Waals surface area contributed by atoms with Crippen LogP contribution in [0.3, 0.4) is 0 Å². The minimum atomic E-state index is -1.05. The maximum atomic E-state index is 13.9. The molecule has 1 amide bonds. The van der Waals surface area contributed by atoms with E-state index < -0.39 is 29.1 Å². The van der Waals surface area contributed by atoms with Gasteiger partial charge in [-0.2, -0.15) is 0 Å². The van der Waals surface area contributed by atoms with Crippen LogP contribution in [-0.2, 0) is 4.74 Å². The molecule has 26 heavy (non-hydrogen) atoms. The number of thioether (sulfide) groups is 2. The zero-order valence-corrected chi connectivity index (χ0v) is 15.4. The van der Waals surface area contributed by atoms with Gasteiger partial charge in [-0.3, -0.25) is 4.79 Å². The van der Waals surface area contributed by atoms with E-state index in [0.717, 1.165) is 30.2 Å². The molecule has 3 rings (SSSR count). The highest BCUT2D eigenvalue weighted by Gasteiger charge is 2.20. The minimum absolute atomic E-state index is 0.289. The molecule has 1 heterocycles. The normalized spacial score (nSPS) is 14.3. The molecule has 0 saturated carbocycles. The van der Waals surface area contributed by atoms with E-state index in [1.165, 1.54) is 0 Å². The zero-order valence-electron chi connectivity index (χ0n) is 13.8. The predicted octanol–water partition coefficient (Wildman–Crippen LogP) is 4.48. The largest absolute Gasteiger partial charge is 0.465 e. The number of hydrogen-bond donors (Lipinski definition) is 1. The van der Waals surface area contributed by atoms with Crippen LogP contribution >= 0.6 is 23.5 Å². The van der Waals surface area contributed by atoms with Gasteiger partial charge in [0, 0.05) is 23.1 Å². The molecule has 8 heteroatoms. The first-order chi connectivity index (χ1) is 12.5. The van der Waals surface area contributed by atoms with Gasteiger partial charge in [0.1, 0.15) is 11.6 Å². The Kier molecular flexibility index (Phi) is 5.83. The molecular weight excluding hydrogens is 380 g/mol. The molecule has 136 valence electrons. The predicted molar refractivity (Wildman–Crippen MR) is 99.7 cm³/mol. The molecular formula is C18H15F2NO3S2. The summed E-state index contributed by atoms with van der Waals surface area (Å²) in [4.78, 5) is 23.9. The SMILES string of the molecule is COC(=O)c1cc(NC(=O)c2ccc(C3SCCS3)cc2)c(F)cc1F. The molecule has 0 unspecified atom stereocenters. The van der Waals surface area contributed by atoms with Crippen molar-refractivity contribution in [2.45, 2.75) is 4.58 Å². The highest BCUT2D eigenvalue weighted by Crippen LogP contribution is 2.45. The van der Waals surface area contributed by atoms with Crippen LogP contribution in [0, 0.1) is 11.6 Å². The highest BCUT2D eigenvalue weighted by atomic mass is 32.2. The zero-order chi connectivity index (χ0) is 18.7. The number of methoxy groups -OCH3 is 1. The smallest absolute Gasteiger partial charge is 0.340 e. The van der Waals surface area contributed by atoms with E-state index in [4.69, 9.17) is 0 Å². The van der Waals surface area contributed by atoms with Crippen LogP contribution in [0.1, 0.15) is 30.9 Å². The Bertz CT molecular complexity index is 837. The van der Waals surface area contributed by atoms with Crippen LogP contribution in [0.25, 0.3) is 0 Å². The van der Waals surface area contributed by atoms with Gasteiger partial charge in [-0.15, -0.1) is 23.5 Å². The fourth-order valence-corrected chi connectivity index (χ4v) is 5.31. The standard InChI is InChI=1S/C18H15F2NO3S2/c1-24-17(23)12-8-15(14(20)9-13(12)19)21-16(22)10-2-4-11(5-3-10)18-25-6-7-26-18/h2-5,8-9,18H,6-7H2,1H3,(H,21,22). The summed E-state index contributed by atoms with van der Waals surface area (Å²) in [5.74, 6) is -1.32. The van der Waals surface area contributed by atoms with Gasteiger partial charge in [0.15, 0.2) is 0 Å². The second-order valence-corrected chi connectivity index (χ2v) is 8.18.